The molecule has 0 radical (unpaired) electrons. The highest BCUT2D eigenvalue weighted by Gasteiger charge is 2.64. The summed E-state index contributed by atoms with van der Waals surface area (Å²) in [5.74, 6) is 1.50. The van der Waals surface area contributed by atoms with Crippen molar-refractivity contribution in [2.24, 2.45) is 52.3 Å². The van der Waals surface area contributed by atoms with E-state index in [-0.39, 0.29) is 17.4 Å². The quantitative estimate of drug-likeness (QED) is 0.631. The third-order valence-electron chi connectivity index (χ3n) is 10.6. The van der Waals surface area contributed by atoms with Crippen LogP contribution in [0.15, 0.2) is 0 Å². The molecule has 0 aromatic carbocycles. The molecule has 4 aliphatic carbocycles. The molecule has 0 saturated heterocycles. The first-order valence-electron chi connectivity index (χ1n) is 12.2. The van der Waals surface area contributed by atoms with E-state index in [0.29, 0.717) is 36.0 Å². The van der Waals surface area contributed by atoms with Gasteiger partial charge in [-0.15, -0.1) is 0 Å². The molecule has 0 amide bonds. The van der Waals surface area contributed by atoms with E-state index in [1.807, 2.05) is 0 Å². The van der Waals surface area contributed by atoms with Crippen LogP contribution < -0.4 is 0 Å². The van der Waals surface area contributed by atoms with Gasteiger partial charge in [-0.1, -0.05) is 40.5 Å². The van der Waals surface area contributed by atoms with E-state index >= 15 is 0 Å². The molecule has 0 bridgehead atoms. The molecule has 2 unspecified atom stereocenters. The van der Waals surface area contributed by atoms with Gasteiger partial charge in [-0.25, -0.2) is 0 Å². The van der Waals surface area contributed by atoms with Crippen LogP contribution in [-0.2, 0) is 4.79 Å². The predicted molar refractivity (Wildman–Crippen MR) is 113 cm³/mol. The second-order valence-corrected chi connectivity index (χ2v) is 11.7. The summed E-state index contributed by atoms with van der Waals surface area (Å²) in [5.41, 5.74) is 0.251. The molecule has 166 valence electrons. The highest BCUT2D eigenvalue weighted by Crippen LogP contribution is 2.68. The Bertz CT molecular complexity index is 634. The first-order valence-corrected chi connectivity index (χ1v) is 12.2. The summed E-state index contributed by atoms with van der Waals surface area (Å²) in [6, 6.07) is 0. The van der Waals surface area contributed by atoms with Gasteiger partial charge in [0.15, 0.2) is 0 Å². The molecule has 4 rings (SSSR count). The molecule has 11 atom stereocenters. The number of fused-ring (bicyclic) bond motifs is 5. The first-order chi connectivity index (χ1) is 13.6. The van der Waals surface area contributed by atoms with Crippen molar-refractivity contribution in [2.75, 3.05) is 0 Å². The monoisotopic (exact) mass is 406 g/mol. The smallest absolute Gasteiger partial charge is 0.309 e. The topological polar surface area (TPSA) is 77.8 Å². The number of carbonyl (C=O) groups is 1. The Morgan fingerprint density at radius 2 is 1.69 bits per heavy atom. The average molecular weight is 407 g/mol. The fraction of sp³-hybridized carbons (Fsp3) is 0.960. The van der Waals surface area contributed by atoms with Crippen LogP contribution in [0.2, 0.25) is 0 Å². The van der Waals surface area contributed by atoms with E-state index in [9.17, 15) is 20.1 Å². The van der Waals surface area contributed by atoms with Crippen LogP contribution in [0.1, 0.15) is 85.5 Å². The van der Waals surface area contributed by atoms with Crippen molar-refractivity contribution in [3.63, 3.8) is 0 Å². The highest BCUT2D eigenvalue weighted by molar-refractivity contribution is 5.71. The van der Waals surface area contributed by atoms with Crippen molar-refractivity contribution in [3.05, 3.63) is 0 Å². The SMILES string of the molecule is CCC[C@@H](C)[C@H]1CC[C@H]2[C@@H]3[C@@H](O)CC4C[C@@H](O)C(C(=O)O)C[C@]4(C)[C@H]3CC[C@]12C. The fourth-order valence-electron chi connectivity index (χ4n) is 9.15. The maximum atomic E-state index is 11.8. The van der Waals surface area contributed by atoms with Gasteiger partial charge in [0.05, 0.1) is 18.1 Å². The molecular formula is C25H42O4. The second-order valence-electron chi connectivity index (χ2n) is 11.7. The molecular weight excluding hydrogens is 364 g/mol. The molecule has 0 aromatic rings. The lowest BCUT2D eigenvalue weighted by atomic mass is 9.43. The fourth-order valence-corrected chi connectivity index (χ4v) is 9.15. The minimum absolute atomic E-state index is 0.0688. The van der Waals surface area contributed by atoms with Crippen molar-refractivity contribution >= 4 is 5.97 Å². The van der Waals surface area contributed by atoms with Crippen molar-refractivity contribution in [1.29, 1.82) is 0 Å². The summed E-state index contributed by atoms with van der Waals surface area (Å²) >= 11 is 0. The molecule has 4 nitrogen and oxygen atoms in total. The number of rotatable bonds is 4. The van der Waals surface area contributed by atoms with Gasteiger partial charge in [-0.3, -0.25) is 4.79 Å². The molecule has 29 heavy (non-hydrogen) atoms. The molecule has 0 heterocycles. The number of aliphatic carboxylic acids is 1. The van der Waals surface area contributed by atoms with Crippen molar-refractivity contribution in [2.45, 2.75) is 97.7 Å². The van der Waals surface area contributed by atoms with E-state index in [2.05, 4.69) is 27.7 Å². The Hall–Kier alpha value is -0.610. The van der Waals surface area contributed by atoms with E-state index < -0.39 is 18.0 Å². The van der Waals surface area contributed by atoms with Gasteiger partial charge in [-0.05, 0) is 91.3 Å². The van der Waals surface area contributed by atoms with Crippen LogP contribution in [0.25, 0.3) is 0 Å². The lowest BCUT2D eigenvalue weighted by Gasteiger charge is -2.63. The van der Waals surface area contributed by atoms with Crippen LogP contribution >= 0.6 is 0 Å². The van der Waals surface area contributed by atoms with Gasteiger partial charge in [-0.2, -0.15) is 0 Å². The maximum absolute atomic E-state index is 11.8. The predicted octanol–water partition coefficient (Wildman–Crippen LogP) is 4.72. The highest BCUT2D eigenvalue weighted by atomic mass is 16.4. The van der Waals surface area contributed by atoms with Gasteiger partial charge in [0.2, 0.25) is 0 Å². The van der Waals surface area contributed by atoms with Gasteiger partial charge < -0.3 is 15.3 Å². The summed E-state index contributed by atoms with van der Waals surface area (Å²) in [5, 5.41) is 31.5. The van der Waals surface area contributed by atoms with Crippen LogP contribution in [-0.4, -0.2) is 33.5 Å². The normalized spacial score (nSPS) is 52.9. The first kappa shape index (κ1) is 21.6. The summed E-state index contributed by atoms with van der Waals surface area (Å²) < 4.78 is 0. The zero-order chi connectivity index (χ0) is 21.1. The Morgan fingerprint density at radius 1 is 1.03 bits per heavy atom. The van der Waals surface area contributed by atoms with Gasteiger partial charge in [0.25, 0.3) is 0 Å². The number of carboxylic acid groups (broad SMARTS) is 1. The number of hydrogen-bond acceptors (Lipinski definition) is 3. The molecule has 0 aliphatic heterocycles. The minimum atomic E-state index is -0.852. The van der Waals surface area contributed by atoms with Crippen LogP contribution in [0.5, 0.6) is 0 Å². The number of aliphatic hydroxyl groups is 2. The average Bonchev–Trinajstić information content (AvgIpc) is 3.00. The Labute approximate surface area is 176 Å². The Balaban J connectivity index is 1.63. The number of hydrogen-bond donors (Lipinski definition) is 3. The van der Waals surface area contributed by atoms with E-state index in [1.165, 1.54) is 32.1 Å². The summed E-state index contributed by atoms with van der Waals surface area (Å²) in [4.78, 5) is 11.8. The largest absolute Gasteiger partial charge is 0.481 e. The molecule has 4 saturated carbocycles. The zero-order valence-electron chi connectivity index (χ0n) is 18.8. The van der Waals surface area contributed by atoms with Crippen molar-refractivity contribution in [3.8, 4) is 0 Å². The maximum Gasteiger partial charge on any atom is 0.309 e. The van der Waals surface area contributed by atoms with Gasteiger partial charge in [0.1, 0.15) is 0 Å². The van der Waals surface area contributed by atoms with Gasteiger partial charge in [0, 0.05) is 0 Å². The lowest BCUT2D eigenvalue weighted by molar-refractivity contribution is -0.191. The Kier molecular flexibility index (Phi) is 5.60. The van der Waals surface area contributed by atoms with Crippen LogP contribution in [0.3, 0.4) is 0 Å². The second kappa shape index (κ2) is 7.51. The third kappa shape index (κ3) is 3.19. The molecule has 4 heteroatoms. The third-order valence-corrected chi connectivity index (χ3v) is 10.6. The summed E-state index contributed by atoms with van der Waals surface area (Å²) in [6.07, 6.45) is 8.15. The Morgan fingerprint density at radius 3 is 2.34 bits per heavy atom. The van der Waals surface area contributed by atoms with E-state index in [1.54, 1.807) is 0 Å². The van der Waals surface area contributed by atoms with Crippen molar-refractivity contribution < 1.29 is 20.1 Å². The van der Waals surface area contributed by atoms with Crippen LogP contribution in [0, 0.1) is 52.3 Å². The standard InChI is InChI=1S/C25H42O4/c1-5-6-14(2)17-7-8-18-22-19(9-10-24(17,18)3)25(4)13-16(23(28)29)20(26)11-15(25)12-21(22)27/h14-22,26-27H,5-13H2,1-4H3,(H,28,29)/t14-,15?,16?,17-,18+,19+,20-,21+,22+,24-,25+/m1/s1. The summed E-state index contributed by atoms with van der Waals surface area (Å²) in [7, 11) is 0. The molecule has 0 spiro atoms. The lowest BCUT2D eigenvalue weighted by Crippen LogP contribution is -2.60. The minimum Gasteiger partial charge on any atom is -0.481 e. The molecule has 3 N–H and O–H groups in total. The number of aliphatic hydroxyl groups excluding tert-OH is 2. The molecule has 0 aromatic heterocycles. The van der Waals surface area contributed by atoms with Crippen molar-refractivity contribution in [1.82, 2.24) is 0 Å². The van der Waals surface area contributed by atoms with Gasteiger partial charge >= 0.3 is 5.97 Å². The zero-order valence-corrected chi connectivity index (χ0v) is 18.8. The van der Waals surface area contributed by atoms with Crippen LogP contribution in [0.4, 0.5) is 0 Å². The van der Waals surface area contributed by atoms with E-state index in [4.69, 9.17) is 0 Å². The molecule has 4 fully saturated rings. The summed E-state index contributed by atoms with van der Waals surface area (Å²) in [6.45, 7) is 9.51. The number of carboxylic acids is 1. The molecule has 4 aliphatic rings. The van der Waals surface area contributed by atoms with E-state index in [0.717, 1.165) is 24.7 Å².